The summed E-state index contributed by atoms with van der Waals surface area (Å²) in [7, 11) is 2.16. The monoisotopic (exact) mass is 317 g/mol. The SMILES string of the molecule is CN1CCN(Cc2cccc(C(=O)N3CCCC(O)C3)c2)CC1. The van der Waals surface area contributed by atoms with E-state index in [1.54, 1.807) is 4.90 Å². The largest absolute Gasteiger partial charge is 0.391 e. The number of nitrogens with zero attached hydrogens (tertiary/aromatic N) is 3. The van der Waals surface area contributed by atoms with E-state index < -0.39 is 0 Å². The topological polar surface area (TPSA) is 47.0 Å². The van der Waals surface area contributed by atoms with Gasteiger partial charge in [0.25, 0.3) is 5.91 Å². The zero-order valence-corrected chi connectivity index (χ0v) is 13.9. The predicted molar refractivity (Wildman–Crippen MR) is 90.4 cm³/mol. The lowest BCUT2D eigenvalue weighted by molar-refractivity contribution is 0.0473. The van der Waals surface area contributed by atoms with Gasteiger partial charge < -0.3 is 14.9 Å². The Morgan fingerprint density at radius 1 is 1.22 bits per heavy atom. The molecule has 2 heterocycles. The molecule has 5 heteroatoms. The number of rotatable bonds is 3. The van der Waals surface area contributed by atoms with Crippen molar-refractivity contribution in [2.75, 3.05) is 46.3 Å². The molecule has 5 nitrogen and oxygen atoms in total. The Labute approximate surface area is 138 Å². The number of piperidine rings is 1. The van der Waals surface area contributed by atoms with Crippen LogP contribution in [0.25, 0.3) is 0 Å². The van der Waals surface area contributed by atoms with Gasteiger partial charge in [0.1, 0.15) is 0 Å². The number of carbonyl (C=O) groups is 1. The summed E-state index contributed by atoms with van der Waals surface area (Å²) in [6.07, 6.45) is 1.31. The summed E-state index contributed by atoms with van der Waals surface area (Å²) in [5.74, 6) is 0.0453. The summed E-state index contributed by atoms with van der Waals surface area (Å²) in [4.78, 5) is 19.2. The Morgan fingerprint density at radius 3 is 2.74 bits per heavy atom. The van der Waals surface area contributed by atoms with Crippen LogP contribution in [0.3, 0.4) is 0 Å². The highest BCUT2D eigenvalue weighted by Gasteiger charge is 2.23. The van der Waals surface area contributed by atoms with Gasteiger partial charge in [-0.2, -0.15) is 0 Å². The number of hydrogen-bond acceptors (Lipinski definition) is 4. The Hall–Kier alpha value is -1.43. The maximum atomic E-state index is 12.6. The van der Waals surface area contributed by atoms with Gasteiger partial charge >= 0.3 is 0 Å². The first-order valence-electron chi connectivity index (χ1n) is 8.59. The number of carbonyl (C=O) groups excluding carboxylic acids is 1. The lowest BCUT2D eigenvalue weighted by Crippen LogP contribution is -2.44. The number of aliphatic hydroxyl groups is 1. The van der Waals surface area contributed by atoms with Crippen molar-refractivity contribution in [1.82, 2.24) is 14.7 Å². The van der Waals surface area contributed by atoms with Gasteiger partial charge in [0.2, 0.25) is 0 Å². The van der Waals surface area contributed by atoms with E-state index in [9.17, 15) is 9.90 Å². The van der Waals surface area contributed by atoms with Crippen molar-refractivity contribution >= 4 is 5.91 Å². The van der Waals surface area contributed by atoms with E-state index in [1.807, 2.05) is 18.2 Å². The highest BCUT2D eigenvalue weighted by atomic mass is 16.3. The molecule has 0 saturated carbocycles. The van der Waals surface area contributed by atoms with Crippen LogP contribution in [0.2, 0.25) is 0 Å². The lowest BCUT2D eigenvalue weighted by atomic mass is 10.1. The fourth-order valence-electron chi connectivity index (χ4n) is 3.39. The highest BCUT2D eigenvalue weighted by molar-refractivity contribution is 5.94. The number of piperazine rings is 1. The van der Waals surface area contributed by atoms with Crippen LogP contribution in [-0.2, 0) is 6.54 Å². The third-order valence-electron chi connectivity index (χ3n) is 4.86. The van der Waals surface area contributed by atoms with Crippen LogP contribution in [0.15, 0.2) is 24.3 Å². The average Bonchev–Trinajstić information content (AvgIpc) is 2.56. The number of likely N-dealkylation sites (tertiary alicyclic amines) is 1. The van der Waals surface area contributed by atoms with Gasteiger partial charge in [-0.1, -0.05) is 12.1 Å². The summed E-state index contributed by atoms with van der Waals surface area (Å²) in [6, 6.07) is 7.97. The molecule has 126 valence electrons. The molecule has 1 unspecified atom stereocenters. The summed E-state index contributed by atoms with van der Waals surface area (Å²) < 4.78 is 0. The van der Waals surface area contributed by atoms with Crippen molar-refractivity contribution in [2.24, 2.45) is 0 Å². The molecule has 2 aliphatic heterocycles. The van der Waals surface area contributed by atoms with Crippen LogP contribution < -0.4 is 0 Å². The fraction of sp³-hybridized carbons (Fsp3) is 0.611. The normalized spacial score (nSPS) is 23.9. The number of amides is 1. The second kappa shape index (κ2) is 7.43. The number of benzene rings is 1. The quantitative estimate of drug-likeness (QED) is 0.905. The molecular weight excluding hydrogens is 290 g/mol. The van der Waals surface area contributed by atoms with E-state index in [2.05, 4.69) is 22.9 Å². The molecule has 2 aliphatic rings. The van der Waals surface area contributed by atoms with Crippen molar-refractivity contribution in [2.45, 2.75) is 25.5 Å². The standard InChI is InChI=1S/C18H27N3O2/c1-19-8-10-20(11-9-19)13-15-4-2-5-16(12-15)18(23)21-7-3-6-17(22)14-21/h2,4-5,12,17,22H,3,6-11,13-14H2,1H3. The Kier molecular flexibility index (Phi) is 5.30. The van der Waals surface area contributed by atoms with E-state index in [0.717, 1.165) is 57.7 Å². The molecule has 2 saturated heterocycles. The Bertz CT molecular complexity index is 541. The predicted octanol–water partition coefficient (Wildman–Crippen LogP) is 1.03. The molecule has 0 aromatic heterocycles. The number of likely N-dealkylation sites (N-methyl/N-ethyl adjacent to an activating group) is 1. The van der Waals surface area contributed by atoms with Crippen molar-refractivity contribution in [1.29, 1.82) is 0 Å². The van der Waals surface area contributed by atoms with Crippen molar-refractivity contribution < 1.29 is 9.90 Å². The van der Waals surface area contributed by atoms with E-state index in [-0.39, 0.29) is 12.0 Å². The van der Waals surface area contributed by atoms with Gasteiger partial charge in [0.05, 0.1) is 6.10 Å². The Balaban J connectivity index is 1.63. The highest BCUT2D eigenvalue weighted by Crippen LogP contribution is 2.16. The fourth-order valence-corrected chi connectivity index (χ4v) is 3.39. The molecule has 0 bridgehead atoms. The number of aliphatic hydroxyl groups excluding tert-OH is 1. The molecule has 1 atom stereocenters. The van der Waals surface area contributed by atoms with E-state index >= 15 is 0 Å². The van der Waals surface area contributed by atoms with Crippen molar-refractivity contribution in [3.05, 3.63) is 35.4 Å². The van der Waals surface area contributed by atoms with E-state index in [0.29, 0.717) is 6.54 Å². The average molecular weight is 317 g/mol. The van der Waals surface area contributed by atoms with Crippen LogP contribution >= 0.6 is 0 Å². The van der Waals surface area contributed by atoms with Gasteiger partial charge in [0.15, 0.2) is 0 Å². The molecule has 1 aromatic carbocycles. The second-order valence-corrected chi connectivity index (χ2v) is 6.83. The van der Waals surface area contributed by atoms with Crippen LogP contribution in [0.5, 0.6) is 0 Å². The molecule has 2 fully saturated rings. The van der Waals surface area contributed by atoms with Gasteiger partial charge in [-0.25, -0.2) is 0 Å². The minimum atomic E-state index is -0.374. The molecular formula is C18H27N3O2. The van der Waals surface area contributed by atoms with Crippen LogP contribution in [0.4, 0.5) is 0 Å². The second-order valence-electron chi connectivity index (χ2n) is 6.83. The maximum Gasteiger partial charge on any atom is 0.253 e. The van der Waals surface area contributed by atoms with E-state index in [4.69, 9.17) is 0 Å². The minimum absolute atomic E-state index is 0.0453. The van der Waals surface area contributed by atoms with Gasteiger partial charge in [0, 0.05) is 51.4 Å². The van der Waals surface area contributed by atoms with Gasteiger partial charge in [-0.15, -0.1) is 0 Å². The molecule has 1 N–H and O–H groups in total. The molecule has 0 aliphatic carbocycles. The first-order valence-corrected chi connectivity index (χ1v) is 8.59. The summed E-state index contributed by atoms with van der Waals surface area (Å²) >= 11 is 0. The van der Waals surface area contributed by atoms with Crippen LogP contribution in [0.1, 0.15) is 28.8 Å². The molecule has 0 radical (unpaired) electrons. The maximum absolute atomic E-state index is 12.6. The first kappa shape index (κ1) is 16.4. The smallest absolute Gasteiger partial charge is 0.253 e. The van der Waals surface area contributed by atoms with Gasteiger partial charge in [-0.05, 0) is 37.6 Å². The molecule has 1 aromatic rings. The molecule has 3 rings (SSSR count). The van der Waals surface area contributed by atoms with Crippen molar-refractivity contribution in [3.63, 3.8) is 0 Å². The third-order valence-corrected chi connectivity index (χ3v) is 4.86. The van der Waals surface area contributed by atoms with E-state index in [1.165, 1.54) is 5.56 Å². The third kappa shape index (κ3) is 4.31. The van der Waals surface area contributed by atoms with Crippen molar-refractivity contribution in [3.8, 4) is 0 Å². The summed E-state index contributed by atoms with van der Waals surface area (Å²) in [5.41, 5.74) is 1.93. The first-order chi connectivity index (χ1) is 11.1. The minimum Gasteiger partial charge on any atom is -0.391 e. The van der Waals surface area contributed by atoms with Crippen LogP contribution in [-0.4, -0.2) is 78.1 Å². The Morgan fingerprint density at radius 2 is 2.00 bits per heavy atom. The summed E-state index contributed by atoms with van der Waals surface area (Å²) in [6.45, 7) is 6.46. The zero-order valence-electron chi connectivity index (χ0n) is 13.9. The number of β-amino-alcohol motifs (C(OH)–C–C–N with tert-alkyl or cyclic N) is 1. The van der Waals surface area contributed by atoms with Crippen LogP contribution in [0, 0.1) is 0 Å². The number of hydrogen-bond donors (Lipinski definition) is 1. The van der Waals surface area contributed by atoms with Gasteiger partial charge in [-0.3, -0.25) is 9.69 Å². The molecule has 23 heavy (non-hydrogen) atoms. The molecule has 0 spiro atoms. The lowest BCUT2D eigenvalue weighted by Gasteiger charge is -2.32. The molecule has 1 amide bonds. The zero-order chi connectivity index (χ0) is 16.2. The summed E-state index contributed by atoms with van der Waals surface area (Å²) in [5, 5.41) is 9.76.